The van der Waals surface area contributed by atoms with Crippen LogP contribution in [-0.2, 0) is 19.1 Å². The van der Waals surface area contributed by atoms with Crippen molar-refractivity contribution in [2.24, 2.45) is 5.73 Å². The van der Waals surface area contributed by atoms with E-state index in [1.807, 2.05) is 0 Å². The molecule has 0 bridgehead atoms. The Hall–Kier alpha value is -0.850. The molecule has 0 aromatic heterocycles. The SMILES string of the molecule is CC(C)OC(=O)CCNC(=O)[C@@H]1CC[C@H](CN)O1.Cl. The maximum atomic E-state index is 11.7. The number of nitrogens with two attached hydrogens (primary N) is 1. The second-order valence-corrected chi connectivity index (χ2v) is 4.64. The molecule has 1 aliphatic heterocycles. The van der Waals surface area contributed by atoms with Crippen LogP contribution in [0.3, 0.4) is 0 Å². The Bertz CT molecular complexity index is 299. The van der Waals surface area contributed by atoms with E-state index in [1.165, 1.54) is 0 Å². The number of halogens is 1. The molecule has 0 aliphatic carbocycles. The molecule has 1 fully saturated rings. The van der Waals surface area contributed by atoms with E-state index >= 15 is 0 Å². The molecule has 19 heavy (non-hydrogen) atoms. The summed E-state index contributed by atoms with van der Waals surface area (Å²) < 4.78 is 10.4. The van der Waals surface area contributed by atoms with Crippen LogP contribution < -0.4 is 11.1 Å². The molecule has 1 saturated heterocycles. The molecule has 0 spiro atoms. The predicted octanol–water partition coefficient (Wildman–Crippen LogP) is 0.372. The van der Waals surface area contributed by atoms with Gasteiger partial charge in [-0.1, -0.05) is 0 Å². The summed E-state index contributed by atoms with van der Waals surface area (Å²) in [7, 11) is 0. The third-order valence-electron chi connectivity index (χ3n) is 2.66. The Morgan fingerprint density at radius 2 is 2.11 bits per heavy atom. The van der Waals surface area contributed by atoms with E-state index in [4.69, 9.17) is 15.2 Å². The van der Waals surface area contributed by atoms with Crippen LogP contribution >= 0.6 is 12.4 Å². The molecule has 6 nitrogen and oxygen atoms in total. The average molecular weight is 295 g/mol. The van der Waals surface area contributed by atoms with E-state index in [1.54, 1.807) is 13.8 Å². The summed E-state index contributed by atoms with van der Waals surface area (Å²) >= 11 is 0. The van der Waals surface area contributed by atoms with E-state index in [9.17, 15) is 9.59 Å². The molecule has 2 atom stereocenters. The lowest BCUT2D eigenvalue weighted by molar-refractivity contribution is -0.147. The Kier molecular flexibility index (Phi) is 8.71. The fourth-order valence-corrected chi connectivity index (χ4v) is 1.80. The molecule has 0 aromatic rings. The van der Waals surface area contributed by atoms with Gasteiger partial charge in [0.1, 0.15) is 6.10 Å². The quantitative estimate of drug-likeness (QED) is 0.691. The number of amides is 1. The zero-order chi connectivity index (χ0) is 13.5. The van der Waals surface area contributed by atoms with Crippen LogP contribution in [-0.4, -0.2) is 43.3 Å². The van der Waals surface area contributed by atoms with Crippen molar-refractivity contribution in [1.29, 1.82) is 0 Å². The minimum Gasteiger partial charge on any atom is -0.463 e. The Morgan fingerprint density at radius 3 is 2.63 bits per heavy atom. The van der Waals surface area contributed by atoms with Crippen LogP contribution in [0, 0.1) is 0 Å². The number of carbonyl (C=O) groups excluding carboxylic acids is 2. The lowest BCUT2D eigenvalue weighted by atomic mass is 10.2. The Morgan fingerprint density at radius 1 is 1.42 bits per heavy atom. The van der Waals surface area contributed by atoms with Crippen LogP contribution in [0.4, 0.5) is 0 Å². The maximum absolute atomic E-state index is 11.7. The van der Waals surface area contributed by atoms with Gasteiger partial charge >= 0.3 is 5.97 Å². The second-order valence-electron chi connectivity index (χ2n) is 4.64. The Balaban J connectivity index is 0.00000324. The monoisotopic (exact) mass is 294 g/mol. The van der Waals surface area contributed by atoms with E-state index in [2.05, 4.69) is 5.32 Å². The summed E-state index contributed by atoms with van der Waals surface area (Å²) in [4.78, 5) is 22.9. The van der Waals surface area contributed by atoms with Crippen molar-refractivity contribution < 1.29 is 19.1 Å². The highest BCUT2D eigenvalue weighted by Crippen LogP contribution is 2.18. The van der Waals surface area contributed by atoms with Crippen LogP contribution in [0.5, 0.6) is 0 Å². The lowest BCUT2D eigenvalue weighted by Crippen LogP contribution is -2.36. The number of hydrogen-bond donors (Lipinski definition) is 2. The van der Waals surface area contributed by atoms with Gasteiger partial charge in [-0.3, -0.25) is 9.59 Å². The van der Waals surface area contributed by atoms with Crippen LogP contribution in [0.1, 0.15) is 33.1 Å². The first-order chi connectivity index (χ1) is 8.52. The first-order valence-electron chi connectivity index (χ1n) is 6.35. The molecule has 0 unspecified atom stereocenters. The molecule has 0 radical (unpaired) electrons. The van der Waals surface area contributed by atoms with Crippen molar-refractivity contribution in [2.75, 3.05) is 13.1 Å². The first kappa shape index (κ1) is 18.1. The number of nitrogens with one attached hydrogen (secondary N) is 1. The van der Waals surface area contributed by atoms with Gasteiger partial charge in [-0.2, -0.15) is 0 Å². The molecule has 1 amide bonds. The normalized spacial score (nSPS) is 21.9. The van der Waals surface area contributed by atoms with E-state index in [0.29, 0.717) is 13.0 Å². The number of esters is 1. The van der Waals surface area contributed by atoms with Crippen LogP contribution in [0.2, 0.25) is 0 Å². The summed E-state index contributed by atoms with van der Waals surface area (Å²) in [5, 5.41) is 2.67. The van der Waals surface area contributed by atoms with E-state index in [0.717, 1.165) is 6.42 Å². The highest BCUT2D eigenvalue weighted by Gasteiger charge is 2.29. The molecule has 1 heterocycles. The topological polar surface area (TPSA) is 90.7 Å². The van der Waals surface area contributed by atoms with Gasteiger partial charge in [0, 0.05) is 13.1 Å². The largest absolute Gasteiger partial charge is 0.463 e. The standard InChI is InChI=1S/C12H22N2O4.ClH/c1-8(2)17-11(15)5-6-14-12(16)10-4-3-9(7-13)18-10;/h8-10H,3-7,13H2,1-2H3,(H,14,16);1H/t9-,10+;/m1./s1. The van der Waals surface area contributed by atoms with Gasteiger partial charge < -0.3 is 20.5 Å². The summed E-state index contributed by atoms with van der Waals surface area (Å²) in [5.41, 5.74) is 5.46. The summed E-state index contributed by atoms with van der Waals surface area (Å²) in [6.45, 7) is 4.29. The van der Waals surface area contributed by atoms with Crippen molar-refractivity contribution in [1.82, 2.24) is 5.32 Å². The zero-order valence-corrected chi connectivity index (χ0v) is 12.2. The molecule has 3 N–H and O–H groups in total. The van der Waals surface area contributed by atoms with Crippen molar-refractivity contribution in [3.8, 4) is 0 Å². The van der Waals surface area contributed by atoms with Crippen molar-refractivity contribution >= 4 is 24.3 Å². The van der Waals surface area contributed by atoms with Crippen molar-refractivity contribution in [3.63, 3.8) is 0 Å². The maximum Gasteiger partial charge on any atom is 0.307 e. The summed E-state index contributed by atoms with van der Waals surface area (Å²) in [6, 6.07) is 0. The van der Waals surface area contributed by atoms with Crippen LogP contribution in [0.25, 0.3) is 0 Å². The third-order valence-corrected chi connectivity index (χ3v) is 2.66. The molecule has 0 saturated carbocycles. The average Bonchev–Trinajstić information content (AvgIpc) is 2.76. The van der Waals surface area contributed by atoms with Gasteiger partial charge in [0.25, 0.3) is 0 Å². The minimum absolute atomic E-state index is 0. The van der Waals surface area contributed by atoms with E-state index in [-0.39, 0.29) is 49.5 Å². The van der Waals surface area contributed by atoms with Gasteiger partial charge in [0.2, 0.25) is 5.91 Å². The van der Waals surface area contributed by atoms with Crippen molar-refractivity contribution in [3.05, 3.63) is 0 Å². The Labute approximate surface area is 119 Å². The molecule has 1 rings (SSSR count). The third kappa shape index (κ3) is 6.75. The van der Waals surface area contributed by atoms with Gasteiger partial charge in [-0.05, 0) is 26.7 Å². The van der Waals surface area contributed by atoms with Gasteiger partial charge in [0.05, 0.1) is 18.6 Å². The van der Waals surface area contributed by atoms with Gasteiger partial charge in [-0.15, -0.1) is 12.4 Å². The van der Waals surface area contributed by atoms with Crippen LogP contribution in [0.15, 0.2) is 0 Å². The predicted molar refractivity (Wildman–Crippen MR) is 73.1 cm³/mol. The number of carbonyl (C=O) groups is 2. The summed E-state index contributed by atoms with van der Waals surface area (Å²) in [5.74, 6) is -0.485. The number of hydrogen-bond acceptors (Lipinski definition) is 5. The fraction of sp³-hybridized carbons (Fsp3) is 0.833. The smallest absolute Gasteiger partial charge is 0.307 e. The first-order valence-corrected chi connectivity index (χ1v) is 6.35. The van der Waals surface area contributed by atoms with Gasteiger partial charge in [-0.25, -0.2) is 0 Å². The highest BCUT2D eigenvalue weighted by atomic mass is 35.5. The molecule has 1 aliphatic rings. The lowest BCUT2D eigenvalue weighted by Gasteiger charge is -2.13. The highest BCUT2D eigenvalue weighted by molar-refractivity contribution is 5.85. The molecule has 112 valence electrons. The van der Waals surface area contributed by atoms with Gasteiger partial charge in [0.15, 0.2) is 0 Å². The molecule has 7 heteroatoms. The second kappa shape index (κ2) is 9.12. The number of ether oxygens (including phenoxy) is 2. The number of rotatable bonds is 6. The molecule has 0 aromatic carbocycles. The minimum atomic E-state index is -0.431. The molecular weight excluding hydrogens is 272 g/mol. The molecular formula is C12H23ClN2O4. The van der Waals surface area contributed by atoms with E-state index < -0.39 is 6.10 Å². The fourth-order valence-electron chi connectivity index (χ4n) is 1.80. The van der Waals surface area contributed by atoms with Crippen molar-refractivity contribution in [2.45, 2.75) is 51.4 Å². The summed E-state index contributed by atoms with van der Waals surface area (Å²) in [6.07, 6.45) is 1.09. The zero-order valence-electron chi connectivity index (χ0n) is 11.4.